The molecule has 0 saturated carbocycles. The summed E-state index contributed by atoms with van der Waals surface area (Å²) in [7, 11) is 1.50. The van der Waals surface area contributed by atoms with E-state index in [2.05, 4.69) is 10.3 Å². The van der Waals surface area contributed by atoms with Crippen LogP contribution in [-0.2, 0) is 18.0 Å². The van der Waals surface area contributed by atoms with Gasteiger partial charge in [-0.1, -0.05) is 36.8 Å². The lowest BCUT2D eigenvalue weighted by molar-refractivity contribution is -0.122. The van der Waals surface area contributed by atoms with Gasteiger partial charge in [-0.3, -0.25) is 4.79 Å². The van der Waals surface area contributed by atoms with Crippen molar-refractivity contribution in [2.24, 2.45) is 0 Å². The van der Waals surface area contributed by atoms with Crippen LogP contribution in [-0.4, -0.2) is 18.0 Å². The third-order valence-electron chi connectivity index (χ3n) is 3.95. The molecule has 128 valence electrons. The maximum absolute atomic E-state index is 12.8. The van der Waals surface area contributed by atoms with Crippen LogP contribution in [0.15, 0.2) is 36.5 Å². The molecule has 0 spiro atoms. The molecule has 4 nitrogen and oxygen atoms in total. The summed E-state index contributed by atoms with van der Waals surface area (Å²) in [5, 5.41) is 2.91. The molecule has 1 aromatic carbocycles. The maximum atomic E-state index is 12.8. The first-order valence-corrected chi connectivity index (χ1v) is 8.01. The van der Waals surface area contributed by atoms with Crippen molar-refractivity contribution in [2.75, 3.05) is 7.11 Å². The average molecular weight is 330 g/mol. The number of methoxy groups -OCH3 is 1. The molecule has 0 bridgehead atoms. The number of alkyl halides is 1. The second-order valence-electron chi connectivity index (χ2n) is 5.74. The molecule has 1 aromatic heterocycles. The van der Waals surface area contributed by atoms with Crippen LogP contribution in [0.5, 0.6) is 5.88 Å². The fourth-order valence-electron chi connectivity index (χ4n) is 2.70. The number of amides is 1. The molecule has 0 aliphatic heterocycles. The Bertz CT molecular complexity index is 704. The van der Waals surface area contributed by atoms with E-state index in [0.717, 1.165) is 11.1 Å². The second-order valence-corrected chi connectivity index (χ2v) is 5.74. The second kappa shape index (κ2) is 8.43. The number of nitrogens with one attached hydrogen (secondary N) is 1. The Morgan fingerprint density at radius 1 is 1.38 bits per heavy atom. The first kappa shape index (κ1) is 17.9. The zero-order valence-electron chi connectivity index (χ0n) is 14.3. The molecule has 1 heterocycles. The van der Waals surface area contributed by atoms with E-state index >= 15 is 0 Å². The van der Waals surface area contributed by atoms with E-state index in [1.165, 1.54) is 13.3 Å². The Balaban J connectivity index is 2.11. The lowest BCUT2D eigenvalue weighted by Gasteiger charge is -2.17. The summed E-state index contributed by atoms with van der Waals surface area (Å²) in [6.07, 6.45) is 2.14. The van der Waals surface area contributed by atoms with Crippen LogP contribution >= 0.6 is 0 Å². The van der Waals surface area contributed by atoms with Crippen molar-refractivity contribution in [1.82, 2.24) is 10.3 Å². The number of aryl methyl sites for hydroxylation is 1. The van der Waals surface area contributed by atoms with E-state index < -0.39 is 6.67 Å². The highest BCUT2D eigenvalue weighted by Crippen LogP contribution is 2.22. The lowest BCUT2D eigenvalue weighted by Crippen LogP contribution is -2.29. The Kier molecular flexibility index (Phi) is 6.29. The van der Waals surface area contributed by atoms with Crippen molar-refractivity contribution >= 4 is 5.91 Å². The molecule has 24 heavy (non-hydrogen) atoms. The number of rotatable bonds is 7. The molecule has 0 saturated heterocycles. The standard InChI is InChI=1S/C19H23FN2O2/c1-4-17(15-7-5-6-13(2)8-15)18(23)21-12-16-9-14(10-20)11-22-19(16)24-3/h5-9,11,17H,4,10,12H2,1-3H3,(H,21,23)/t17-/m0/s1. The van der Waals surface area contributed by atoms with Gasteiger partial charge in [0.15, 0.2) is 0 Å². The number of halogens is 1. The van der Waals surface area contributed by atoms with Crippen LogP contribution in [0, 0.1) is 6.92 Å². The quantitative estimate of drug-likeness (QED) is 0.842. The van der Waals surface area contributed by atoms with E-state index in [1.54, 1.807) is 6.07 Å². The van der Waals surface area contributed by atoms with Gasteiger partial charge in [-0.2, -0.15) is 0 Å². The number of hydrogen-bond acceptors (Lipinski definition) is 3. The number of ether oxygens (including phenoxy) is 1. The number of aromatic nitrogens is 1. The number of pyridine rings is 1. The van der Waals surface area contributed by atoms with E-state index in [1.807, 2.05) is 38.1 Å². The van der Waals surface area contributed by atoms with E-state index in [9.17, 15) is 9.18 Å². The van der Waals surface area contributed by atoms with Gasteiger partial charge in [0.1, 0.15) is 6.67 Å². The van der Waals surface area contributed by atoms with E-state index in [4.69, 9.17) is 4.74 Å². The van der Waals surface area contributed by atoms with E-state index in [0.29, 0.717) is 23.4 Å². The smallest absolute Gasteiger partial charge is 0.227 e. The predicted molar refractivity (Wildman–Crippen MR) is 91.7 cm³/mol. The Hall–Kier alpha value is -2.43. The molecule has 1 N–H and O–H groups in total. The molecule has 5 heteroatoms. The van der Waals surface area contributed by atoms with Crippen LogP contribution in [0.3, 0.4) is 0 Å². The normalized spacial score (nSPS) is 11.8. The minimum atomic E-state index is -0.598. The predicted octanol–water partition coefficient (Wildman–Crippen LogP) is 3.68. The Labute approximate surface area is 142 Å². The molecule has 1 atom stereocenters. The van der Waals surface area contributed by atoms with Gasteiger partial charge in [-0.05, 0) is 25.0 Å². The van der Waals surface area contributed by atoms with Crippen molar-refractivity contribution in [3.8, 4) is 5.88 Å². The van der Waals surface area contributed by atoms with Crippen molar-refractivity contribution in [1.29, 1.82) is 0 Å². The van der Waals surface area contributed by atoms with Crippen LogP contribution in [0.1, 0.15) is 41.5 Å². The van der Waals surface area contributed by atoms with E-state index in [-0.39, 0.29) is 18.4 Å². The third-order valence-corrected chi connectivity index (χ3v) is 3.95. The van der Waals surface area contributed by atoms with Crippen LogP contribution in [0.25, 0.3) is 0 Å². The van der Waals surface area contributed by atoms with Gasteiger partial charge in [0.2, 0.25) is 11.8 Å². The molecule has 0 aliphatic rings. The van der Waals surface area contributed by atoms with Gasteiger partial charge in [0.25, 0.3) is 0 Å². The van der Waals surface area contributed by atoms with Crippen molar-refractivity contribution in [3.05, 3.63) is 58.8 Å². The topological polar surface area (TPSA) is 51.2 Å². The minimum absolute atomic E-state index is 0.0594. The van der Waals surface area contributed by atoms with Gasteiger partial charge in [-0.15, -0.1) is 0 Å². The number of hydrogen-bond donors (Lipinski definition) is 1. The van der Waals surface area contributed by atoms with Gasteiger partial charge in [0, 0.05) is 23.9 Å². The Morgan fingerprint density at radius 2 is 2.17 bits per heavy atom. The highest BCUT2D eigenvalue weighted by atomic mass is 19.1. The largest absolute Gasteiger partial charge is 0.481 e. The first-order valence-electron chi connectivity index (χ1n) is 8.01. The van der Waals surface area contributed by atoms with Crippen LogP contribution in [0.4, 0.5) is 4.39 Å². The minimum Gasteiger partial charge on any atom is -0.481 e. The molecule has 0 radical (unpaired) electrons. The highest BCUT2D eigenvalue weighted by molar-refractivity contribution is 5.83. The molecular weight excluding hydrogens is 307 g/mol. The SMILES string of the molecule is CC[C@H](C(=O)NCc1cc(CF)cnc1OC)c1cccc(C)c1. The van der Waals surface area contributed by atoms with Gasteiger partial charge in [0.05, 0.1) is 13.0 Å². The van der Waals surface area contributed by atoms with Crippen LogP contribution < -0.4 is 10.1 Å². The average Bonchev–Trinajstić information content (AvgIpc) is 2.60. The number of carbonyl (C=O) groups excluding carboxylic acids is 1. The molecule has 1 amide bonds. The fraction of sp³-hybridized carbons (Fsp3) is 0.368. The summed E-state index contributed by atoms with van der Waals surface area (Å²) in [4.78, 5) is 16.6. The summed E-state index contributed by atoms with van der Waals surface area (Å²) < 4.78 is 18.0. The summed E-state index contributed by atoms with van der Waals surface area (Å²) in [5.41, 5.74) is 3.25. The number of benzene rings is 1. The van der Waals surface area contributed by atoms with Crippen molar-refractivity contribution < 1.29 is 13.9 Å². The van der Waals surface area contributed by atoms with Gasteiger partial charge in [-0.25, -0.2) is 9.37 Å². The molecule has 0 aliphatic carbocycles. The van der Waals surface area contributed by atoms with Gasteiger partial charge < -0.3 is 10.1 Å². The van der Waals surface area contributed by atoms with Crippen LogP contribution in [0.2, 0.25) is 0 Å². The number of carbonyl (C=O) groups is 1. The molecule has 2 rings (SSSR count). The molecule has 2 aromatic rings. The zero-order valence-corrected chi connectivity index (χ0v) is 14.3. The molecular formula is C19H23FN2O2. The van der Waals surface area contributed by atoms with Gasteiger partial charge >= 0.3 is 0 Å². The van der Waals surface area contributed by atoms with Crippen molar-refractivity contribution in [2.45, 2.75) is 39.4 Å². The monoisotopic (exact) mass is 330 g/mol. The fourth-order valence-corrected chi connectivity index (χ4v) is 2.70. The Morgan fingerprint density at radius 3 is 2.79 bits per heavy atom. The summed E-state index contributed by atoms with van der Waals surface area (Å²) >= 11 is 0. The highest BCUT2D eigenvalue weighted by Gasteiger charge is 2.19. The summed E-state index contributed by atoms with van der Waals surface area (Å²) in [6.45, 7) is 3.65. The number of nitrogens with zero attached hydrogens (tertiary/aromatic N) is 1. The first-order chi connectivity index (χ1) is 11.6. The maximum Gasteiger partial charge on any atom is 0.227 e. The summed E-state index contributed by atoms with van der Waals surface area (Å²) in [6, 6.07) is 9.62. The molecule has 0 unspecified atom stereocenters. The molecule has 0 fully saturated rings. The lowest BCUT2D eigenvalue weighted by atomic mass is 9.94. The third kappa shape index (κ3) is 4.31. The summed E-state index contributed by atoms with van der Waals surface area (Å²) in [5.74, 6) is 0.125. The van der Waals surface area contributed by atoms with Crippen molar-refractivity contribution in [3.63, 3.8) is 0 Å². The zero-order chi connectivity index (χ0) is 17.5.